The van der Waals surface area contributed by atoms with Gasteiger partial charge in [-0.05, 0) is 11.8 Å². The maximum atomic E-state index is 10.9. The van der Waals surface area contributed by atoms with Crippen molar-refractivity contribution in [3.63, 3.8) is 0 Å². The lowest BCUT2D eigenvalue weighted by molar-refractivity contribution is -0.124. The Morgan fingerprint density at radius 1 is 1.64 bits per heavy atom. The van der Waals surface area contributed by atoms with Crippen molar-refractivity contribution in [2.75, 3.05) is 0 Å². The minimum absolute atomic E-state index is 0.181. The number of hydrogen-bond donors (Lipinski definition) is 2. The molecule has 0 saturated heterocycles. The zero-order valence-electron chi connectivity index (χ0n) is 6.68. The monoisotopic (exact) mass is 156 g/mol. The van der Waals surface area contributed by atoms with Gasteiger partial charge < -0.3 is 11.1 Å². The maximum Gasteiger partial charge on any atom is 0.243 e. The van der Waals surface area contributed by atoms with Crippen molar-refractivity contribution in [2.45, 2.75) is 25.8 Å². The first-order valence-electron chi connectivity index (χ1n) is 3.47. The van der Waals surface area contributed by atoms with Crippen LogP contribution in [0.2, 0.25) is 0 Å². The number of nitrogens with two attached hydrogens (primary N) is 1. The molecule has 0 aromatic rings. The molecule has 0 radical (unpaired) electrons. The number of hydrogen-bond acceptors (Lipinski definition) is 2. The second-order valence-corrected chi connectivity index (χ2v) is 3.59. The van der Waals surface area contributed by atoms with E-state index in [1.165, 1.54) is 0 Å². The van der Waals surface area contributed by atoms with E-state index in [0.717, 1.165) is 0 Å². The molecule has 0 bridgehead atoms. The van der Waals surface area contributed by atoms with E-state index in [-0.39, 0.29) is 5.41 Å². The quantitative estimate of drug-likeness (QED) is 0.535. The summed E-state index contributed by atoms with van der Waals surface area (Å²) in [6.07, 6.45) is 1.16. The van der Waals surface area contributed by atoms with Gasteiger partial charge in [-0.1, -0.05) is 13.8 Å². The van der Waals surface area contributed by atoms with Gasteiger partial charge in [0.2, 0.25) is 12.3 Å². The summed E-state index contributed by atoms with van der Waals surface area (Å²) in [4.78, 5) is 21.0. The van der Waals surface area contributed by atoms with E-state index in [9.17, 15) is 9.59 Å². The molecule has 0 aliphatic heterocycles. The molecular weight excluding hydrogens is 144 g/mol. The van der Waals surface area contributed by atoms with Crippen LogP contribution in [0.1, 0.15) is 20.3 Å². The van der Waals surface area contributed by atoms with Crippen LogP contribution in [0.25, 0.3) is 0 Å². The van der Waals surface area contributed by atoms with Gasteiger partial charge in [0.1, 0.15) is 5.54 Å². The van der Waals surface area contributed by atoms with Crippen LogP contribution in [-0.4, -0.2) is 17.9 Å². The third-order valence-corrected chi connectivity index (χ3v) is 2.46. The van der Waals surface area contributed by atoms with Crippen molar-refractivity contribution in [2.24, 2.45) is 11.1 Å². The van der Waals surface area contributed by atoms with E-state index in [1.807, 2.05) is 13.8 Å². The lowest BCUT2D eigenvalue weighted by Crippen LogP contribution is -2.46. The summed E-state index contributed by atoms with van der Waals surface area (Å²) in [5.74, 6) is -0.449. The highest BCUT2D eigenvalue weighted by Crippen LogP contribution is 2.54. The number of amides is 2. The molecule has 0 unspecified atom stereocenters. The van der Waals surface area contributed by atoms with E-state index in [2.05, 4.69) is 5.32 Å². The lowest BCUT2D eigenvalue weighted by atomic mass is 10.0. The molecule has 11 heavy (non-hydrogen) atoms. The zero-order chi connectivity index (χ0) is 8.70. The SMILES string of the molecule is CC1(C)C[C@@]1(NC=O)C(N)=O. The van der Waals surface area contributed by atoms with E-state index < -0.39 is 11.4 Å². The molecule has 1 aliphatic carbocycles. The molecule has 1 aliphatic rings. The van der Waals surface area contributed by atoms with Gasteiger partial charge in [0.05, 0.1) is 0 Å². The highest BCUT2D eigenvalue weighted by atomic mass is 16.2. The third kappa shape index (κ3) is 0.895. The summed E-state index contributed by atoms with van der Waals surface area (Å²) in [7, 11) is 0. The fourth-order valence-corrected chi connectivity index (χ4v) is 1.46. The summed E-state index contributed by atoms with van der Waals surface area (Å²) < 4.78 is 0. The minimum atomic E-state index is -0.783. The summed E-state index contributed by atoms with van der Waals surface area (Å²) in [6, 6.07) is 0. The van der Waals surface area contributed by atoms with Crippen LogP contribution in [0.5, 0.6) is 0 Å². The summed E-state index contributed by atoms with van der Waals surface area (Å²) in [6.45, 7) is 3.79. The van der Waals surface area contributed by atoms with E-state index in [0.29, 0.717) is 12.8 Å². The fraction of sp³-hybridized carbons (Fsp3) is 0.714. The smallest absolute Gasteiger partial charge is 0.243 e. The van der Waals surface area contributed by atoms with Crippen LogP contribution in [0.15, 0.2) is 0 Å². The Labute approximate surface area is 65.1 Å². The summed E-state index contributed by atoms with van der Waals surface area (Å²) in [5.41, 5.74) is 4.17. The standard InChI is InChI=1S/C7H12N2O2/c1-6(2)3-7(6,5(8)11)9-4-10/h4H,3H2,1-2H3,(H2,8,11)(H,9,10)/t7-/m1/s1. The molecule has 0 spiro atoms. The zero-order valence-corrected chi connectivity index (χ0v) is 6.68. The van der Waals surface area contributed by atoms with E-state index in [4.69, 9.17) is 5.73 Å². The van der Waals surface area contributed by atoms with Crippen LogP contribution in [0.3, 0.4) is 0 Å². The molecule has 0 heterocycles. The van der Waals surface area contributed by atoms with Crippen LogP contribution < -0.4 is 11.1 Å². The molecular formula is C7H12N2O2. The number of carbonyl (C=O) groups is 2. The first-order valence-corrected chi connectivity index (χ1v) is 3.47. The average molecular weight is 156 g/mol. The Balaban J connectivity index is 2.79. The minimum Gasteiger partial charge on any atom is -0.368 e. The van der Waals surface area contributed by atoms with Crippen molar-refractivity contribution in [1.82, 2.24) is 5.32 Å². The summed E-state index contributed by atoms with van der Waals surface area (Å²) in [5, 5.41) is 2.47. The Kier molecular flexibility index (Phi) is 1.44. The first-order chi connectivity index (χ1) is 4.96. The normalized spacial score (nSPS) is 32.5. The second kappa shape index (κ2) is 1.96. The van der Waals surface area contributed by atoms with Gasteiger partial charge in [-0.15, -0.1) is 0 Å². The number of carbonyl (C=O) groups excluding carboxylic acids is 2. The predicted octanol–water partition coefficient (Wildman–Crippen LogP) is -0.614. The Bertz CT molecular complexity index is 212. The van der Waals surface area contributed by atoms with Gasteiger partial charge >= 0.3 is 0 Å². The Morgan fingerprint density at radius 2 is 2.09 bits per heavy atom. The topological polar surface area (TPSA) is 72.2 Å². The molecule has 0 aromatic carbocycles. The van der Waals surface area contributed by atoms with E-state index in [1.54, 1.807) is 0 Å². The van der Waals surface area contributed by atoms with Crippen LogP contribution in [0, 0.1) is 5.41 Å². The third-order valence-electron chi connectivity index (χ3n) is 2.46. The molecule has 1 fully saturated rings. The number of rotatable bonds is 3. The van der Waals surface area contributed by atoms with Crippen LogP contribution in [-0.2, 0) is 9.59 Å². The number of primary amides is 1. The first kappa shape index (κ1) is 8.04. The van der Waals surface area contributed by atoms with Gasteiger partial charge in [0.25, 0.3) is 0 Å². The molecule has 2 amide bonds. The van der Waals surface area contributed by atoms with E-state index >= 15 is 0 Å². The summed E-state index contributed by atoms with van der Waals surface area (Å²) >= 11 is 0. The van der Waals surface area contributed by atoms with Crippen molar-refractivity contribution in [3.8, 4) is 0 Å². The molecule has 1 rings (SSSR count). The van der Waals surface area contributed by atoms with Gasteiger partial charge in [-0.25, -0.2) is 0 Å². The number of nitrogens with one attached hydrogen (secondary N) is 1. The average Bonchev–Trinajstić information content (AvgIpc) is 2.36. The van der Waals surface area contributed by atoms with Crippen molar-refractivity contribution < 1.29 is 9.59 Å². The van der Waals surface area contributed by atoms with Gasteiger partial charge in [0.15, 0.2) is 0 Å². The molecule has 1 atom stereocenters. The Morgan fingerprint density at radius 3 is 2.18 bits per heavy atom. The van der Waals surface area contributed by atoms with Crippen molar-refractivity contribution in [3.05, 3.63) is 0 Å². The Hall–Kier alpha value is -1.06. The molecule has 1 saturated carbocycles. The van der Waals surface area contributed by atoms with Gasteiger partial charge in [-0.2, -0.15) is 0 Å². The maximum absolute atomic E-state index is 10.9. The molecule has 0 aromatic heterocycles. The van der Waals surface area contributed by atoms with Crippen LogP contribution >= 0.6 is 0 Å². The largest absolute Gasteiger partial charge is 0.368 e. The highest BCUT2D eigenvalue weighted by Gasteiger charge is 2.65. The second-order valence-electron chi connectivity index (χ2n) is 3.59. The lowest BCUT2D eigenvalue weighted by Gasteiger charge is -2.14. The molecule has 62 valence electrons. The van der Waals surface area contributed by atoms with Gasteiger partial charge in [0, 0.05) is 0 Å². The molecule has 4 heteroatoms. The highest BCUT2D eigenvalue weighted by molar-refractivity contribution is 5.91. The van der Waals surface area contributed by atoms with Crippen molar-refractivity contribution in [1.29, 1.82) is 0 Å². The predicted molar refractivity (Wildman–Crippen MR) is 39.5 cm³/mol. The van der Waals surface area contributed by atoms with Gasteiger partial charge in [-0.3, -0.25) is 9.59 Å². The molecule has 3 N–H and O–H groups in total. The van der Waals surface area contributed by atoms with Crippen molar-refractivity contribution >= 4 is 12.3 Å². The van der Waals surface area contributed by atoms with Crippen LogP contribution in [0.4, 0.5) is 0 Å². The molecule has 4 nitrogen and oxygen atoms in total. The fourth-order valence-electron chi connectivity index (χ4n) is 1.46.